The van der Waals surface area contributed by atoms with E-state index in [4.69, 9.17) is 0 Å². The fourth-order valence-corrected chi connectivity index (χ4v) is 0.0292. The lowest BCUT2D eigenvalue weighted by atomic mass is 10.7. The van der Waals surface area contributed by atoms with Crippen LogP contribution < -0.4 is 0 Å². The van der Waals surface area contributed by atoms with E-state index in [1.54, 1.807) is 6.08 Å². The first-order chi connectivity index (χ1) is 2.41. The summed E-state index contributed by atoms with van der Waals surface area (Å²) in [4.78, 5) is 0. The minimum absolute atomic E-state index is 0.0556. The standard InChI is InChI=1S/C3H3F2/c4-2-1-3-5/h2H,3H2. The predicted octanol–water partition coefficient (Wildman–Crippen LogP) is 1.24. The van der Waals surface area contributed by atoms with Crippen molar-refractivity contribution in [1.29, 1.82) is 0 Å². The highest BCUT2D eigenvalue weighted by atomic mass is 19.1. The number of hydrogen-bond donors (Lipinski definition) is 0. The van der Waals surface area contributed by atoms with Crippen molar-refractivity contribution < 1.29 is 8.78 Å². The molecule has 5 heavy (non-hydrogen) atoms. The number of alkyl halides is 1. The molecular weight excluding hydrogens is 74.0 g/mol. The molecule has 0 amide bonds. The average Bonchev–Trinajstić information content (AvgIpc) is 1.41. The Morgan fingerprint density at radius 1 is 1.80 bits per heavy atom. The summed E-state index contributed by atoms with van der Waals surface area (Å²) in [6.07, 6.45) is 1.71. The fraction of sp³-hybridized carbons (Fsp3) is 0.333. The van der Waals surface area contributed by atoms with Gasteiger partial charge >= 0.3 is 0 Å². The summed E-state index contributed by atoms with van der Waals surface area (Å²) < 4.78 is 21.1. The molecule has 0 aliphatic rings. The van der Waals surface area contributed by atoms with E-state index in [1.165, 1.54) is 0 Å². The third-order valence-corrected chi connectivity index (χ3v) is 0.154. The van der Waals surface area contributed by atoms with Gasteiger partial charge in [-0.25, -0.2) is 8.78 Å². The van der Waals surface area contributed by atoms with Gasteiger partial charge in [0.1, 0.15) is 6.67 Å². The molecular formula is C3H3F2. The van der Waals surface area contributed by atoms with Gasteiger partial charge in [0.2, 0.25) is 0 Å². The number of hydrogen-bond acceptors (Lipinski definition) is 0. The first-order valence-electron chi connectivity index (χ1n) is 1.13. The van der Waals surface area contributed by atoms with Crippen molar-refractivity contribution in [1.82, 2.24) is 0 Å². The summed E-state index contributed by atoms with van der Waals surface area (Å²) in [5.74, 6) is 0. The van der Waals surface area contributed by atoms with Crippen molar-refractivity contribution in [2.24, 2.45) is 0 Å². The topological polar surface area (TPSA) is 0 Å². The predicted molar refractivity (Wildman–Crippen MR) is 14.9 cm³/mol. The molecule has 0 saturated heterocycles. The highest BCUT2D eigenvalue weighted by Crippen LogP contribution is 1.68. The lowest BCUT2D eigenvalue weighted by molar-refractivity contribution is 0.544. The molecule has 0 rings (SSSR count). The Labute approximate surface area is 29.1 Å². The molecule has 0 aromatic carbocycles. The van der Waals surface area contributed by atoms with Crippen LogP contribution in [0.2, 0.25) is 0 Å². The molecule has 29 valence electrons. The van der Waals surface area contributed by atoms with Crippen LogP contribution in [0.3, 0.4) is 0 Å². The van der Waals surface area contributed by atoms with Crippen LogP contribution >= 0.6 is 0 Å². The maximum atomic E-state index is 10.6. The largest absolute Gasteiger partial charge is 0.246 e. The maximum absolute atomic E-state index is 10.6. The second kappa shape index (κ2) is 3.60. The van der Waals surface area contributed by atoms with Crippen LogP contribution in [0.4, 0.5) is 8.78 Å². The molecule has 0 unspecified atom stereocenters. The van der Waals surface area contributed by atoms with E-state index >= 15 is 0 Å². The molecule has 0 nitrogen and oxygen atoms in total. The zero-order valence-corrected chi connectivity index (χ0v) is 2.54. The maximum Gasteiger partial charge on any atom is 0.117 e. The van der Waals surface area contributed by atoms with Gasteiger partial charge in [-0.1, -0.05) is 0 Å². The minimum Gasteiger partial charge on any atom is -0.246 e. The Hall–Kier alpha value is -0.400. The minimum atomic E-state index is -0.837. The Kier molecular flexibility index (Phi) is 3.31. The molecule has 2 heteroatoms. The number of allylic oxidation sites excluding steroid dienone is 1. The summed E-state index contributed by atoms with van der Waals surface area (Å²) in [5, 5.41) is 0. The first kappa shape index (κ1) is 4.60. The van der Waals surface area contributed by atoms with Crippen molar-refractivity contribution in [2.45, 2.75) is 0 Å². The van der Waals surface area contributed by atoms with Gasteiger partial charge in [0.15, 0.2) is 0 Å². The molecule has 0 heterocycles. The highest BCUT2D eigenvalue weighted by Gasteiger charge is 1.60. The van der Waals surface area contributed by atoms with E-state index in [9.17, 15) is 8.78 Å². The SMILES string of the molecule is FC=[C]CF. The molecule has 0 atom stereocenters. The van der Waals surface area contributed by atoms with Crippen molar-refractivity contribution in [3.63, 3.8) is 0 Å². The van der Waals surface area contributed by atoms with E-state index in [1.807, 2.05) is 0 Å². The Bertz CT molecular complexity index is 31.9. The van der Waals surface area contributed by atoms with Gasteiger partial charge in [0.05, 0.1) is 6.33 Å². The van der Waals surface area contributed by atoms with Crippen LogP contribution in [0.5, 0.6) is 0 Å². The molecule has 0 saturated carbocycles. The van der Waals surface area contributed by atoms with Crippen LogP contribution in [0, 0.1) is 6.08 Å². The van der Waals surface area contributed by atoms with E-state index in [-0.39, 0.29) is 6.33 Å². The fourth-order valence-electron chi connectivity index (χ4n) is 0.0292. The van der Waals surface area contributed by atoms with Gasteiger partial charge in [0.25, 0.3) is 0 Å². The van der Waals surface area contributed by atoms with Gasteiger partial charge in [-0.15, -0.1) is 0 Å². The van der Waals surface area contributed by atoms with Gasteiger partial charge in [-0.05, 0) is 0 Å². The van der Waals surface area contributed by atoms with Crippen molar-refractivity contribution in [3.8, 4) is 0 Å². The monoisotopic (exact) mass is 77.0 g/mol. The second-order valence-corrected chi connectivity index (χ2v) is 0.447. The smallest absolute Gasteiger partial charge is 0.117 e. The van der Waals surface area contributed by atoms with E-state index in [0.717, 1.165) is 0 Å². The second-order valence-electron chi connectivity index (χ2n) is 0.447. The highest BCUT2D eigenvalue weighted by molar-refractivity contribution is 4.56. The number of rotatable bonds is 1. The summed E-state index contributed by atoms with van der Waals surface area (Å²) in [6, 6.07) is 0. The van der Waals surface area contributed by atoms with E-state index < -0.39 is 6.67 Å². The van der Waals surface area contributed by atoms with Crippen LogP contribution in [-0.4, -0.2) is 6.67 Å². The third kappa shape index (κ3) is 3.60. The molecule has 0 spiro atoms. The van der Waals surface area contributed by atoms with Gasteiger partial charge < -0.3 is 0 Å². The zero-order chi connectivity index (χ0) is 4.12. The van der Waals surface area contributed by atoms with Crippen LogP contribution in [-0.2, 0) is 0 Å². The van der Waals surface area contributed by atoms with Crippen molar-refractivity contribution >= 4 is 0 Å². The summed E-state index contributed by atoms with van der Waals surface area (Å²) in [7, 11) is 0. The number of halogens is 2. The third-order valence-electron chi connectivity index (χ3n) is 0.154. The van der Waals surface area contributed by atoms with Crippen molar-refractivity contribution in [2.75, 3.05) is 6.67 Å². The van der Waals surface area contributed by atoms with E-state index in [2.05, 4.69) is 0 Å². The van der Waals surface area contributed by atoms with Gasteiger partial charge in [-0.3, -0.25) is 0 Å². The Morgan fingerprint density at radius 3 is 2.40 bits per heavy atom. The molecule has 0 aliphatic heterocycles. The van der Waals surface area contributed by atoms with Gasteiger partial charge in [-0.2, -0.15) is 0 Å². The van der Waals surface area contributed by atoms with Crippen LogP contribution in [0.1, 0.15) is 0 Å². The summed E-state index contributed by atoms with van der Waals surface area (Å²) in [6.45, 7) is -0.837. The van der Waals surface area contributed by atoms with Crippen molar-refractivity contribution in [3.05, 3.63) is 12.4 Å². The quantitative estimate of drug-likeness (QED) is 0.441. The molecule has 0 aliphatic carbocycles. The molecule has 0 fully saturated rings. The lowest BCUT2D eigenvalue weighted by Crippen LogP contribution is -1.54. The molecule has 1 radical (unpaired) electrons. The Balaban J connectivity index is 2.62. The Morgan fingerprint density at radius 2 is 2.40 bits per heavy atom. The van der Waals surface area contributed by atoms with Gasteiger partial charge in [0, 0.05) is 6.08 Å². The normalized spacial score (nSPS) is 10.0. The molecule has 0 aromatic heterocycles. The summed E-state index contributed by atoms with van der Waals surface area (Å²) in [5.41, 5.74) is 0. The van der Waals surface area contributed by atoms with Crippen LogP contribution in [0.25, 0.3) is 0 Å². The summed E-state index contributed by atoms with van der Waals surface area (Å²) >= 11 is 0. The molecule has 0 aromatic rings. The average molecular weight is 77.1 g/mol. The lowest BCUT2D eigenvalue weighted by Gasteiger charge is -1.58. The molecule has 0 N–H and O–H groups in total. The van der Waals surface area contributed by atoms with E-state index in [0.29, 0.717) is 0 Å². The van der Waals surface area contributed by atoms with Crippen LogP contribution in [0.15, 0.2) is 6.33 Å². The first-order valence-corrected chi connectivity index (χ1v) is 1.13. The molecule has 0 bridgehead atoms. The zero-order valence-electron chi connectivity index (χ0n) is 2.54.